The highest BCUT2D eigenvalue weighted by Gasteiger charge is 2.29. The van der Waals surface area contributed by atoms with E-state index in [9.17, 15) is 4.79 Å². The van der Waals surface area contributed by atoms with E-state index < -0.39 is 5.97 Å². The highest BCUT2D eigenvalue weighted by atomic mass is 32.1. The second kappa shape index (κ2) is 4.03. The van der Waals surface area contributed by atoms with E-state index in [1.807, 2.05) is 10.8 Å². The third-order valence-corrected chi connectivity index (χ3v) is 4.63. The Balaban J connectivity index is 2.51. The van der Waals surface area contributed by atoms with Gasteiger partial charge in [-0.05, 0) is 33.8 Å². The van der Waals surface area contributed by atoms with Crippen molar-refractivity contribution in [2.45, 2.75) is 19.3 Å². The van der Waals surface area contributed by atoms with Gasteiger partial charge in [-0.25, -0.2) is 4.79 Å². The molecule has 2 heterocycles. The average molecular weight is 252 g/mol. The molecule has 2 nitrogen and oxygen atoms in total. The zero-order valence-corrected chi connectivity index (χ0v) is 10.7. The van der Waals surface area contributed by atoms with Gasteiger partial charge in [0, 0.05) is 10.3 Å². The second-order valence-corrected chi connectivity index (χ2v) is 5.80. The van der Waals surface area contributed by atoms with Gasteiger partial charge >= 0.3 is 5.97 Å². The minimum atomic E-state index is -0.848. The third kappa shape index (κ3) is 1.79. The molecule has 0 amide bonds. The lowest BCUT2D eigenvalue weighted by molar-refractivity contribution is 0.0695. The van der Waals surface area contributed by atoms with Crippen LogP contribution in [0.4, 0.5) is 0 Å². The fourth-order valence-electron chi connectivity index (χ4n) is 1.71. The molecule has 16 heavy (non-hydrogen) atoms. The van der Waals surface area contributed by atoms with Gasteiger partial charge in [0.1, 0.15) is 0 Å². The highest BCUT2D eigenvalue weighted by molar-refractivity contribution is 7.10. The normalized spacial score (nSPS) is 11.6. The number of carboxylic acid groups (broad SMARTS) is 1. The molecule has 2 aromatic heterocycles. The molecule has 0 spiro atoms. The summed E-state index contributed by atoms with van der Waals surface area (Å²) in [4.78, 5) is 12.0. The fraction of sp³-hybridized carbons (Fsp3) is 0.250. The minimum Gasteiger partial charge on any atom is -0.478 e. The van der Waals surface area contributed by atoms with Crippen molar-refractivity contribution in [2.24, 2.45) is 0 Å². The molecule has 0 bridgehead atoms. The van der Waals surface area contributed by atoms with E-state index in [1.165, 1.54) is 16.9 Å². The Hall–Kier alpha value is -1.13. The van der Waals surface area contributed by atoms with Crippen LogP contribution in [0.3, 0.4) is 0 Å². The Morgan fingerprint density at radius 1 is 1.31 bits per heavy atom. The number of hydrogen-bond acceptors (Lipinski definition) is 3. The van der Waals surface area contributed by atoms with Gasteiger partial charge in [0.25, 0.3) is 0 Å². The van der Waals surface area contributed by atoms with Crippen LogP contribution in [0.15, 0.2) is 28.3 Å². The molecule has 84 valence electrons. The smallest absolute Gasteiger partial charge is 0.336 e. The Bertz CT molecular complexity index is 495. The van der Waals surface area contributed by atoms with E-state index in [2.05, 4.69) is 25.3 Å². The lowest BCUT2D eigenvalue weighted by Crippen LogP contribution is -2.19. The van der Waals surface area contributed by atoms with Crippen LogP contribution < -0.4 is 0 Å². The number of rotatable bonds is 3. The van der Waals surface area contributed by atoms with Crippen LogP contribution in [0.1, 0.15) is 34.6 Å². The summed E-state index contributed by atoms with van der Waals surface area (Å²) < 4.78 is 0. The standard InChI is InChI=1S/C12H12O2S2/c1-12(2,8-3-5-15-7-8)10-9(11(13)14)4-6-16-10/h3-7H,1-2H3,(H,13,14). The quantitative estimate of drug-likeness (QED) is 0.901. The van der Waals surface area contributed by atoms with E-state index in [4.69, 9.17) is 5.11 Å². The summed E-state index contributed by atoms with van der Waals surface area (Å²) in [5, 5.41) is 15.1. The molecule has 0 aliphatic heterocycles. The molecule has 1 N–H and O–H groups in total. The molecule has 0 unspecified atom stereocenters. The van der Waals surface area contributed by atoms with Gasteiger partial charge in [-0.1, -0.05) is 13.8 Å². The molecule has 2 aromatic rings. The third-order valence-electron chi connectivity index (χ3n) is 2.71. The molecule has 0 saturated heterocycles. The number of aromatic carboxylic acids is 1. The maximum Gasteiger partial charge on any atom is 0.336 e. The zero-order valence-electron chi connectivity index (χ0n) is 9.06. The Labute approximate surface area is 102 Å². The van der Waals surface area contributed by atoms with Crippen molar-refractivity contribution in [3.8, 4) is 0 Å². The van der Waals surface area contributed by atoms with Crippen molar-refractivity contribution in [3.63, 3.8) is 0 Å². The molecule has 0 aliphatic carbocycles. The first kappa shape index (κ1) is 11.4. The molecule has 0 radical (unpaired) electrons. The largest absolute Gasteiger partial charge is 0.478 e. The molecule has 0 atom stereocenters. The predicted octanol–water partition coefficient (Wildman–Crippen LogP) is 3.83. The maximum absolute atomic E-state index is 11.1. The monoisotopic (exact) mass is 252 g/mol. The first-order valence-corrected chi connectivity index (χ1v) is 6.69. The number of carboxylic acids is 1. The number of thiophene rings is 2. The molecule has 0 saturated carbocycles. The van der Waals surface area contributed by atoms with Gasteiger partial charge in [0.05, 0.1) is 5.56 Å². The van der Waals surface area contributed by atoms with Gasteiger partial charge in [-0.2, -0.15) is 11.3 Å². The van der Waals surface area contributed by atoms with Gasteiger partial charge in [-0.3, -0.25) is 0 Å². The lowest BCUT2D eigenvalue weighted by atomic mass is 9.83. The fourth-order valence-corrected chi connectivity index (χ4v) is 3.57. The molecule has 0 fully saturated rings. The van der Waals surface area contributed by atoms with E-state index in [1.54, 1.807) is 17.4 Å². The first-order chi connectivity index (χ1) is 7.53. The summed E-state index contributed by atoms with van der Waals surface area (Å²) in [6.45, 7) is 4.13. The van der Waals surface area contributed by atoms with Crippen molar-refractivity contribution < 1.29 is 9.90 Å². The van der Waals surface area contributed by atoms with Crippen LogP contribution in [-0.4, -0.2) is 11.1 Å². The van der Waals surface area contributed by atoms with Gasteiger partial charge in [-0.15, -0.1) is 11.3 Å². The van der Waals surface area contributed by atoms with Crippen LogP contribution >= 0.6 is 22.7 Å². The summed E-state index contributed by atoms with van der Waals surface area (Å²) in [7, 11) is 0. The average Bonchev–Trinajstić information content (AvgIpc) is 2.89. The van der Waals surface area contributed by atoms with Crippen LogP contribution in [0, 0.1) is 0 Å². The molecule has 4 heteroatoms. The zero-order chi connectivity index (χ0) is 11.8. The van der Waals surface area contributed by atoms with Crippen molar-refractivity contribution in [3.05, 3.63) is 44.3 Å². The van der Waals surface area contributed by atoms with Crippen molar-refractivity contribution in [1.82, 2.24) is 0 Å². The van der Waals surface area contributed by atoms with Crippen molar-refractivity contribution in [1.29, 1.82) is 0 Å². The van der Waals surface area contributed by atoms with Crippen LogP contribution in [-0.2, 0) is 5.41 Å². The molecule has 0 aromatic carbocycles. The molecule has 2 rings (SSSR count). The number of hydrogen-bond donors (Lipinski definition) is 1. The van der Waals surface area contributed by atoms with Crippen molar-refractivity contribution in [2.75, 3.05) is 0 Å². The first-order valence-electron chi connectivity index (χ1n) is 4.87. The van der Waals surface area contributed by atoms with Crippen LogP contribution in [0.5, 0.6) is 0 Å². The van der Waals surface area contributed by atoms with Gasteiger partial charge < -0.3 is 5.11 Å². The van der Waals surface area contributed by atoms with E-state index >= 15 is 0 Å². The SMILES string of the molecule is CC(C)(c1ccsc1)c1sccc1C(=O)O. The second-order valence-electron chi connectivity index (χ2n) is 4.11. The molecule has 0 aliphatic rings. The Morgan fingerprint density at radius 3 is 2.62 bits per heavy atom. The maximum atomic E-state index is 11.1. The topological polar surface area (TPSA) is 37.3 Å². The predicted molar refractivity (Wildman–Crippen MR) is 67.7 cm³/mol. The lowest BCUT2D eigenvalue weighted by Gasteiger charge is -2.23. The highest BCUT2D eigenvalue weighted by Crippen LogP contribution is 2.37. The molecular weight excluding hydrogens is 240 g/mol. The summed E-state index contributed by atoms with van der Waals surface area (Å²) >= 11 is 3.14. The van der Waals surface area contributed by atoms with Gasteiger partial charge in [0.2, 0.25) is 0 Å². The summed E-state index contributed by atoms with van der Waals surface area (Å²) in [6, 6.07) is 3.73. The van der Waals surface area contributed by atoms with Gasteiger partial charge in [0.15, 0.2) is 0 Å². The minimum absolute atomic E-state index is 0.234. The number of carbonyl (C=O) groups is 1. The Morgan fingerprint density at radius 2 is 2.06 bits per heavy atom. The van der Waals surface area contributed by atoms with Crippen LogP contribution in [0.2, 0.25) is 0 Å². The van der Waals surface area contributed by atoms with E-state index in [-0.39, 0.29) is 5.41 Å². The summed E-state index contributed by atoms with van der Waals surface area (Å²) in [6.07, 6.45) is 0. The summed E-state index contributed by atoms with van der Waals surface area (Å²) in [5.74, 6) is -0.848. The summed E-state index contributed by atoms with van der Waals surface area (Å²) in [5.41, 5.74) is 1.35. The van der Waals surface area contributed by atoms with Crippen molar-refractivity contribution >= 4 is 28.6 Å². The van der Waals surface area contributed by atoms with E-state index in [0.29, 0.717) is 5.56 Å². The molecular formula is C12H12O2S2. The Kier molecular flexibility index (Phi) is 2.86. The van der Waals surface area contributed by atoms with E-state index in [0.717, 1.165) is 4.88 Å². The van der Waals surface area contributed by atoms with Crippen LogP contribution in [0.25, 0.3) is 0 Å².